The average molecular weight is 258 g/mol. The van der Waals surface area contributed by atoms with E-state index in [9.17, 15) is 9.18 Å². The van der Waals surface area contributed by atoms with Crippen molar-refractivity contribution < 1.29 is 9.18 Å². The molecule has 1 aromatic carbocycles. The van der Waals surface area contributed by atoms with Gasteiger partial charge in [0.05, 0.1) is 5.69 Å². The van der Waals surface area contributed by atoms with E-state index in [1.807, 2.05) is 6.92 Å². The van der Waals surface area contributed by atoms with Crippen molar-refractivity contribution in [2.24, 2.45) is 0 Å². The zero-order valence-corrected chi connectivity index (χ0v) is 10.9. The van der Waals surface area contributed by atoms with Crippen molar-refractivity contribution in [1.29, 1.82) is 0 Å². The van der Waals surface area contributed by atoms with E-state index in [1.54, 1.807) is 37.4 Å². The molecule has 0 unspecified atom stereocenters. The Morgan fingerprint density at radius 2 is 2.11 bits per heavy atom. The lowest BCUT2D eigenvalue weighted by Crippen LogP contribution is -2.22. The molecule has 0 bridgehead atoms. The summed E-state index contributed by atoms with van der Waals surface area (Å²) in [5.74, 6) is -0.381. The average Bonchev–Trinajstić information content (AvgIpc) is 2.42. The van der Waals surface area contributed by atoms with Gasteiger partial charge in [0, 0.05) is 23.9 Å². The predicted molar refractivity (Wildman–Crippen MR) is 72.4 cm³/mol. The minimum atomic E-state index is -0.247. The Morgan fingerprint density at radius 3 is 2.79 bits per heavy atom. The Hall–Kier alpha value is -2.23. The molecule has 2 aromatic rings. The topological polar surface area (TPSA) is 42.0 Å². The van der Waals surface area contributed by atoms with E-state index in [1.165, 1.54) is 6.07 Å². The van der Waals surface area contributed by atoms with Crippen LogP contribution < -0.4 is 5.32 Å². The summed E-state index contributed by atoms with van der Waals surface area (Å²) in [5, 5.41) is 2.73. The van der Waals surface area contributed by atoms with Gasteiger partial charge in [-0.1, -0.05) is 0 Å². The summed E-state index contributed by atoms with van der Waals surface area (Å²) >= 11 is 0. The molecule has 0 aliphatic rings. The lowest BCUT2D eigenvalue weighted by molar-refractivity contribution is 0.0956. The molecular formula is C15H15FN2O. The number of carbonyl (C=O) groups is 1. The second-order valence-corrected chi connectivity index (χ2v) is 4.25. The fourth-order valence-corrected chi connectivity index (χ4v) is 1.80. The number of aryl methyl sites for hydroxylation is 1. The van der Waals surface area contributed by atoms with Gasteiger partial charge in [-0.2, -0.15) is 0 Å². The van der Waals surface area contributed by atoms with E-state index >= 15 is 0 Å². The maximum absolute atomic E-state index is 13.2. The summed E-state index contributed by atoms with van der Waals surface area (Å²) in [4.78, 5) is 16.0. The molecule has 1 amide bonds. The molecule has 0 radical (unpaired) electrons. The lowest BCUT2D eigenvalue weighted by Gasteiger charge is -2.06. The number of rotatable bonds is 3. The van der Waals surface area contributed by atoms with Crippen molar-refractivity contribution in [3.63, 3.8) is 0 Å². The van der Waals surface area contributed by atoms with Crippen LogP contribution in [0.2, 0.25) is 0 Å². The molecule has 2 rings (SSSR count). The van der Waals surface area contributed by atoms with Gasteiger partial charge >= 0.3 is 0 Å². The normalized spacial score (nSPS) is 10.3. The SMILES string of the molecule is CCNC(=O)c1ccnc(-c2ccc(F)c(C)c2)c1. The van der Waals surface area contributed by atoms with Crippen LogP contribution in [0.3, 0.4) is 0 Å². The first-order valence-electron chi connectivity index (χ1n) is 6.12. The Morgan fingerprint density at radius 1 is 1.32 bits per heavy atom. The zero-order chi connectivity index (χ0) is 13.8. The summed E-state index contributed by atoms with van der Waals surface area (Å²) in [6.07, 6.45) is 1.58. The summed E-state index contributed by atoms with van der Waals surface area (Å²) in [6.45, 7) is 4.14. The van der Waals surface area contributed by atoms with Gasteiger partial charge in [0.2, 0.25) is 0 Å². The molecule has 1 N–H and O–H groups in total. The summed E-state index contributed by atoms with van der Waals surface area (Å²) in [6, 6.07) is 8.15. The maximum atomic E-state index is 13.2. The number of nitrogens with one attached hydrogen (secondary N) is 1. The minimum absolute atomic E-state index is 0.134. The van der Waals surface area contributed by atoms with Crippen LogP contribution in [0, 0.1) is 12.7 Å². The van der Waals surface area contributed by atoms with Crippen molar-refractivity contribution in [2.75, 3.05) is 6.54 Å². The number of hydrogen-bond acceptors (Lipinski definition) is 2. The van der Waals surface area contributed by atoms with Crippen molar-refractivity contribution in [2.45, 2.75) is 13.8 Å². The van der Waals surface area contributed by atoms with Crippen LogP contribution in [-0.4, -0.2) is 17.4 Å². The van der Waals surface area contributed by atoms with Gasteiger partial charge in [-0.3, -0.25) is 9.78 Å². The fraction of sp³-hybridized carbons (Fsp3) is 0.200. The Balaban J connectivity index is 2.37. The first-order valence-corrected chi connectivity index (χ1v) is 6.12. The van der Waals surface area contributed by atoms with Crippen LogP contribution in [0.4, 0.5) is 4.39 Å². The number of pyridine rings is 1. The maximum Gasteiger partial charge on any atom is 0.251 e. The molecule has 0 aliphatic heterocycles. The monoisotopic (exact) mass is 258 g/mol. The second kappa shape index (κ2) is 5.61. The molecule has 0 aliphatic carbocycles. The molecule has 0 saturated carbocycles. The number of aromatic nitrogens is 1. The molecule has 1 heterocycles. The van der Waals surface area contributed by atoms with Crippen LogP contribution in [0.25, 0.3) is 11.3 Å². The van der Waals surface area contributed by atoms with E-state index in [0.29, 0.717) is 23.4 Å². The van der Waals surface area contributed by atoms with Gasteiger partial charge in [-0.05, 0) is 49.7 Å². The number of nitrogens with zero attached hydrogens (tertiary/aromatic N) is 1. The van der Waals surface area contributed by atoms with Gasteiger partial charge in [-0.15, -0.1) is 0 Å². The fourth-order valence-electron chi connectivity index (χ4n) is 1.80. The van der Waals surface area contributed by atoms with Crippen LogP contribution in [0.1, 0.15) is 22.8 Å². The smallest absolute Gasteiger partial charge is 0.251 e. The summed E-state index contributed by atoms with van der Waals surface area (Å²) < 4.78 is 13.2. The highest BCUT2D eigenvalue weighted by Crippen LogP contribution is 2.20. The largest absolute Gasteiger partial charge is 0.352 e. The quantitative estimate of drug-likeness (QED) is 0.919. The number of hydrogen-bond donors (Lipinski definition) is 1. The third-order valence-corrected chi connectivity index (χ3v) is 2.81. The van der Waals surface area contributed by atoms with Crippen molar-refractivity contribution in [3.8, 4) is 11.3 Å². The highest BCUT2D eigenvalue weighted by atomic mass is 19.1. The molecule has 98 valence electrons. The summed E-state index contributed by atoms with van der Waals surface area (Å²) in [5.41, 5.74) is 2.56. The van der Waals surface area contributed by atoms with E-state index in [-0.39, 0.29) is 11.7 Å². The minimum Gasteiger partial charge on any atom is -0.352 e. The van der Waals surface area contributed by atoms with E-state index in [2.05, 4.69) is 10.3 Å². The van der Waals surface area contributed by atoms with Crippen LogP contribution >= 0.6 is 0 Å². The first-order chi connectivity index (χ1) is 9.11. The predicted octanol–water partition coefficient (Wildman–Crippen LogP) is 2.95. The van der Waals surface area contributed by atoms with Crippen LogP contribution in [0.15, 0.2) is 36.5 Å². The van der Waals surface area contributed by atoms with Gasteiger partial charge in [-0.25, -0.2) is 4.39 Å². The van der Waals surface area contributed by atoms with Gasteiger partial charge in [0.1, 0.15) is 5.82 Å². The number of benzene rings is 1. The second-order valence-electron chi connectivity index (χ2n) is 4.25. The van der Waals surface area contributed by atoms with Crippen molar-refractivity contribution >= 4 is 5.91 Å². The first kappa shape index (κ1) is 13.2. The number of carbonyl (C=O) groups excluding carboxylic acids is 1. The molecule has 3 nitrogen and oxygen atoms in total. The Kier molecular flexibility index (Phi) is 3.90. The third kappa shape index (κ3) is 2.96. The number of halogens is 1. The highest BCUT2D eigenvalue weighted by molar-refractivity contribution is 5.95. The highest BCUT2D eigenvalue weighted by Gasteiger charge is 2.08. The lowest BCUT2D eigenvalue weighted by atomic mass is 10.1. The molecule has 19 heavy (non-hydrogen) atoms. The van der Waals surface area contributed by atoms with Crippen LogP contribution in [-0.2, 0) is 0 Å². The molecule has 0 atom stereocenters. The Bertz CT molecular complexity index is 611. The third-order valence-electron chi connectivity index (χ3n) is 2.81. The van der Waals surface area contributed by atoms with E-state index in [0.717, 1.165) is 5.56 Å². The van der Waals surface area contributed by atoms with Gasteiger partial charge in [0.25, 0.3) is 5.91 Å². The van der Waals surface area contributed by atoms with Crippen molar-refractivity contribution in [3.05, 3.63) is 53.5 Å². The molecule has 1 aromatic heterocycles. The van der Waals surface area contributed by atoms with Gasteiger partial charge < -0.3 is 5.32 Å². The zero-order valence-electron chi connectivity index (χ0n) is 10.9. The van der Waals surface area contributed by atoms with E-state index in [4.69, 9.17) is 0 Å². The van der Waals surface area contributed by atoms with Gasteiger partial charge in [0.15, 0.2) is 0 Å². The molecule has 0 fully saturated rings. The Labute approximate surface area is 111 Å². The van der Waals surface area contributed by atoms with Crippen molar-refractivity contribution in [1.82, 2.24) is 10.3 Å². The molecule has 4 heteroatoms. The molecule has 0 saturated heterocycles. The summed E-state index contributed by atoms with van der Waals surface area (Å²) in [7, 11) is 0. The van der Waals surface area contributed by atoms with Crippen LogP contribution in [0.5, 0.6) is 0 Å². The molecular weight excluding hydrogens is 243 g/mol. The molecule has 0 spiro atoms. The van der Waals surface area contributed by atoms with E-state index < -0.39 is 0 Å². The number of amides is 1. The standard InChI is InChI=1S/C15H15FN2O/c1-3-17-15(19)12-6-7-18-14(9-12)11-4-5-13(16)10(2)8-11/h4-9H,3H2,1-2H3,(H,17,19).